The van der Waals surface area contributed by atoms with E-state index in [1.54, 1.807) is 19.1 Å². The van der Waals surface area contributed by atoms with Gasteiger partial charge in [-0.3, -0.25) is 4.55 Å². The fourth-order valence-electron chi connectivity index (χ4n) is 1.24. The molecule has 1 N–H and O–H groups in total. The monoisotopic (exact) mass is 263 g/mol. The van der Waals surface area contributed by atoms with Gasteiger partial charge in [0.25, 0.3) is 0 Å². The second-order valence-corrected chi connectivity index (χ2v) is 6.09. The van der Waals surface area contributed by atoms with Crippen molar-refractivity contribution in [3.8, 4) is 0 Å². The second-order valence-electron chi connectivity index (χ2n) is 3.02. The molecule has 1 aromatic heterocycles. The molecule has 2 aromatic rings. The highest BCUT2D eigenvalue weighted by molar-refractivity contribution is 7.88. The standard InChI is InChI=1S/C8H6ClNO3S2/c1-4-2-5(9)3-6-7(4)10-8(14-6)15(11,12)13/h2-3H,1H3,(H,11,12,13). The van der Waals surface area contributed by atoms with Crippen molar-refractivity contribution in [2.45, 2.75) is 11.3 Å². The van der Waals surface area contributed by atoms with Gasteiger partial charge in [-0.15, -0.1) is 11.3 Å². The maximum Gasteiger partial charge on any atom is 0.322 e. The molecule has 80 valence electrons. The number of hydrogen-bond acceptors (Lipinski definition) is 4. The summed E-state index contributed by atoms with van der Waals surface area (Å²) in [5, 5.41) is 0.519. The number of benzene rings is 1. The van der Waals surface area contributed by atoms with E-state index in [1.807, 2.05) is 0 Å². The minimum atomic E-state index is -4.23. The number of nitrogens with zero attached hydrogens (tertiary/aromatic N) is 1. The van der Waals surface area contributed by atoms with Gasteiger partial charge in [0.15, 0.2) is 0 Å². The fraction of sp³-hybridized carbons (Fsp3) is 0.125. The van der Waals surface area contributed by atoms with Crippen LogP contribution in [0, 0.1) is 6.92 Å². The molecule has 0 aliphatic carbocycles. The molecule has 0 radical (unpaired) electrons. The van der Waals surface area contributed by atoms with E-state index in [-0.39, 0.29) is 4.34 Å². The van der Waals surface area contributed by atoms with E-state index in [9.17, 15) is 8.42 Å². The molecule has 0 saturated carbocycles. The molecule has 7 heteroatoms. The van der Waals surface area contributed by atoms with E-state index in [0.29, 0.717) is 15.2 Å². The lowest BCUT2D eigenvalue weighted by Crippen LogP contribution is -1.96. The Kier molecular flexibility index (Phi) is 2.46. The van der Waals surface area contributed by atoms with Crippen LogP contribution in [0.15, 0.2) is 16.5 Å². The summed E-state index contributed by atoms with van der Waals surface area (Å²) in [6.45, 7) is 1.78. The molecule has 0 saturated heterocycles. The zero-order chi connectivity index (χ0) is 11.2. The van der Waals surface area contributed by atoms with Gasteiger partial charge in [0.2, 0.25) is 4.34 Å². The predicted octanol–water partition coefficient (Wildman–Crippen LogP) is 2.50. The molecule has 1 heterocycles. The molecule has 0 unspecified atom stereocenters. The van der Waals surface area contributed by atoms with Gasteiger partial charge in [-0.1, -0.05) is 11.6 Å². The predicted molar refractivity (Wildman–Crippen MR) is 59.2 cm³/mol. The Morgan fingerprint density at radius 2 is 2.13 bits per heavy atom. The van der Waals surface area contributed by atoms with Gasteiger partial charge in [0, 0.05) is 5.02 Å². The van der Waals surface area contributed by atoms with Gasteiger partial charge in [0.1, 0.15) is 0 Å². The molecule has 1 aromatic carbocycles. The number of aryl methyl sites for hydroxylation is 1. The Labute approximate surface area is 95.3 Å². The van der Waals surface area contributed by atoms with Crippen molar-refractivity contribution in [1.82, 2.24) is 4.98 Å². The van der Waals surface area contributed by atoms with Crippen molar-refractivity contribution in [3.05, 3.63) is 22.7 Å². The number of aromatic nitrogens is 1. The Morgan fingerprint density at radius 1 is 1.47 bits per heavy atom. The summed E-state index contributed by atoms with van der Waals surface area (Å²) < 4.78 is 30.9. The summed E-state index contributed by atoms with van der Waals surface area (Å²) >= 11 is 6.71. The zero-order valence-electron chi connectivity index (χ0n) is 7.56. The van der Waals surface area contributed by atoms with E-state index in [1.165, 1.54) is 0 Å². The third-order valence-electron chi connectivity index (χ3n) is 1.85. The van der Waals surface area contributed by atoms with Gasteiger partial charge < -0.3 is 0 Å². The molecule has 0 bridgehead atoms. The summed E-state index contributed by atoms with van der Waals surface area (Å²) in [6.07, 6.45) is 0. The first-order valence-corrected chi connectivity index (χ1v) is 6.55. The molecular weight excluding hydrogens is 258 g/mol. The van der Waals surface area contributed by atoms with Crippen molar-refractivity contribution in [1.29, 1.82) is 0 Å². The average Bonchev–Trinajstić information content (AvgIpc) is 2.46. The van der Waals surface area contributed by atoms with Crippen LogP contribution in [-0.4, -0.2) is 18.0 Å². The Balaban J connectivity index is 2.82. The first-order chi connectivity index (χ1) is 6.88. The van der Waals surface area contributed by atoms with Gasteiger partial charge in [0.05, 0.1) is 10.2 Å². The van der Waals surface area contributed by atoms with E-state index >= 15 is 0 Å². The quantitative estimate of drug-likeness (QED) is 0.803. The topological polar surface area (TPSA) is 67.3 Å². The molecule has 0 amide bonds. The number of hydrogen-bond donors (Lipinski definition) is 1. The zero-order valence-corrected chi connectivity index (χ0v) is 9.95. The summed E-state index contributed by atoms with van der Waals surface area (Å²) in [7, 11) is -4.23. The van der Waals surface area contributed by atoms with Crippen LogP contribution >= 0.6 is 22.9 Å². The van der Waals surface area contributed by atoms with Crippen LogP contribution in [0.4, 0.5) is 0 Å². The Bertz CT molecular complexity index is 633. The Hall–Kier alpha value is -0.690. The highest BCUT2D eigenvalue weighted by Crippen LogP contribution is 2.30. The maximum absolute atomic E-state index is 10.9. The summed E-state index contributed by atoms with van der Waals surface area (Å²) in [5.41, 5.74) is 1.33. The SMILES string of the molecule is Cc1cc(Cl)cc2sc(S(=O)(=O)O)nc12. The van der Waals surface area contributed by atoms with Crippen molar-refractivity contribution >= 4 is 43.3 Å². The van der Waals surface area contributed by atoms with Crippen LogP contribution < -0.4 is 0 Å². The second kappa shape index (κ2) is 3.41. The third-order valence-corrected chi connectivity index (χ3v) is 4.28. The molecule has 2 rings (SSSR count). The van der Waals surface area contributed by atoms with Crippen LogP contribution in [0.2, 0.25) is 5.02 Å². The third kappa shape index (κ3) is 1.98. The summed E-state index contributed by atoms with van der Waals surface area (Å²) in [6, 6.07) is 3.31. The number of fused-ring (bicyclic) bond motifs is 1. The maximum atomic E-state index is 10.9. The van der Waals surface area contributed by atoms with Gasteiger partial charge in [-0.25, -0.2) is 4.98 Å². The normalized spacial score (nSPS) is 12.2. The van der Waals surface area contributed by atoms with Gasteiger partial charge in [-0.2, -0.15) is 8.42 Å². The molecule has 0 aliphatic rings. The fourth-order valence-corrected chi connectivity index (χ4v) is 3.29. The first-order valence-electron chi connectivity index (χ1n) is 3.92. The van der Waals surface area contributed by atoms with Crippen molar-refractivity contribution in [3.63, 3.8) is 0 Å². The van der Waals surface area contributed by atoms with Gasteiger partial charge >= 0.3 is 10.1 Å². The van der Waals surface area contributed by atoms with E-state index in [4.69, 9.17) is 16.2 Å². The lowest BCUT2D eigenvalue weighted by Gasteiger charge is -1.94. The molecule has 0 fully saturated rings. The smallest absolute Gasteiger partial charge is 0.280 e. The summed E-state index contributed by atoms with van der Waals surface area (Å²) in [4.78, 5) is 3.85. The van der Waals surface area contributed by atoms with Crippen molar-refractivity contribution < 1.29 is 13.0 Å². The van der Waals surface area contributed by atoms with E-state index < -0.39 is 10.1 Å². The minimum absolute atomic E-state index is 0.303. The average molecular weight is 264 g/mol. The number of rotatable bonds is 1. The van der Waals surface area contributed by atoms with Crippen LogP contribution in [0.3, 0.4) is 0 Å². The van der Waals surface area contributed by atoms with E-state index in [2.05, 4.69) is 4.98 Å². The largest absolute Gasteiger partial charge is 0.322 e. The van der Waals surface area contributed by atoms with Crippen LogP contribution in [0.1, 0.15) is 5.56 Å². The van der Waals surface area contributed by atoms with Crippen molar-refractivity contribution in [2.24, 2.45) is 0 Å². The van der Waals surface area contributed by atoms with Crippen LogP contribution in [-0.2, 0) is 10.1 Å². The van der Waals surface area contributed by atoms with Gasteiger partial charge in [-0.05, 0) is 24.6 Å². The molecule has 0 aliphatic heterocycles. The van der Waals surface area contributed by atoms with E-state index in [0.717, 1.165) is 16.9 Å². The lowest BCUT2D eigenvalue weighted by molar-refractivity contribution is 0.482. The molecular formula is C8H6ClNO3S2. The Morgan fingerprint density at radius 3 is 2.73 bits per heavy atom. The van der Waals surface area contributed by atoms with Crippen LogP contribution in [0.5, 0.6) is 0 Å². The van der Waals surface area contributed by atoms with Crippen molar-refractivity contribution in [2.75, 3.05) is 0 Å². The summed E-state index contributed by atoms with van der Waals surface area (Å²) in [5.74, 6) is 0. The molecule has 0 spiro atoms. The first kappa shape index (κ1) is 10.8. The molecule has 0 atom stereocenters. The lowest BCUT2D eigenvalue weighted by atomic mass is 10.2. The molecule has 15 heavy (non-hydrogen) atoms. The minimum Gasteiger partial charge on any atom is -0.280 e. The number of halogens is 1. The highest BCUT2D eigenvalue weighted by atomic mass is 35.5. The number of thiazole rings is 1. The molecule has 4 nitrogen and oxygen atoms in total. The van der Waals surface area contributed by atoms with Crippen LogP contribution in [0.25, 0.3) is 10.2 Å². The highest BCUT2D eigenvalue weighted by Gasteiger charge is 2.17.